The van der Waals surface area contributed by atoms with Gasteiger partial charge in [0.25, 0.3) is 5.69 Å². The van der Waals surface area contributed by atoms with Crippen LogP contribution in [0.3, 0.4) is 0 Å². The predicted molar refractivity (Wildman–Crippen MR) is 108 cm³/mol. The zero-order valence-corrected chi connectivity index (χ0v) is 17.5. The van der Waals surface area contributed by atoms with Gasteiger partial charge >= 0.3 is 5.97 Å². The number of halogens is 1. The van der Waals surface area contributed by atoms with E-state index in [9.17, 15) is 23.3 Å². The number of para-hydroxylation sites is 1. The summed E-state index contributed by atoms with van der Waals surface area (Å²) < 4.78 is 34.0. The van der Waals surface area contributed by atoms with E-state index in [4.69, 9.17) is 10.3 Å². The fourth-order valence-corrected chi connectivity index (χ4v) is 4.85. The van der Waals surface area contributed by atoms with E-state index in [1.807, 2.05) is 0 Å². The van der Waals surface area contributed by atoms with Gasteiger partial charge in [0.1, 0.15) is 12.1 Å². The summed E-state index contributed by atoms with van der Waals surface area (Å²) in [6.45, 7) is -0.202. The highest BCUT2D eigenvalue weighted by Crippen LogP contribution is 2.35. The molecule has 0 amide bonds. The predicted octanol–water partition coefficient (Wildman–Crippen LogP) is 3.02. The standard InChI is InChI=1S/C17H14BrN5O6S/c18-11-7-5-10(6-8-11)15-13(9-20-22-19)29-17(24)16(15)21-30(27,28)14-4-2-1-3-12(14)23(25)26/h1-8,13,15-16,21H,9H2/t13-,15-,16+/m1/s1. The molecule has 0 aliphatic carbocycles. The molecule has 156 valence electrons. The van der Waals surface area contributed by atoms with E-state index >= 15 is 0 Å². The van der Waals surface area contributed by atoms with Crippen LogP contribution in [-0.2, 0) is 19.6 Å². The maximum absolute atomic E-state index is 12.9. The van der Waals surface area contributed by atoms with Gasteiger partial charge in [-0.25, -0.2) is 8.42 Å². The molecule has 1 aliphatic rings. The lowest BCUT2D eigenvalue weighted by molar-refractivity contribution is -0.387. The van der Waals surface area contributed by atoms with Gasteiger partial charge < -0.3 is 4.74 Å². The third kappa shape index (κ3) is 4.44. The molecule has 1 N–H and O–H groups in total. The number of hydrogen-bond acceptors (Lipinski definition) is 7. The number of esters is 1. The smallest absolute Gasteiger partial charge is 0.325 e. The number of nitrogens with one attached hydrogen (secondary N) is 1. The maximum atomic E-state index is 12.9. The minimum absolute atomic E-state index is 0.202. The maximum Gasteiger partial charge on any atom is 0.325 e. The molecule has 0 aromatic heterocycles. The molecular weight excluding hydrogens is 482 g/mol. The van der Waals surface area contributed by atoms with Crippen molar-refractivity contribution in [3.63, 3.8) is 0 Å². The van der Waals surface area contributed by atoms with Crippen LogP contribution in [0.2, 0.25) is 0 Å². The number of ether oxygens (including phenoxy) is 1. The van der Waals surface area contributed by atoms with Crippen molar-refractivity contribution in [3.05, 3.63) is 79.1 Å². The number of nitro benzene ring substituents is 1. The van der Waals surface area contributed by atoms with Crippen LogP contribution in [0.1, 0.15) is 11.5 Å². The van der Waals surface area contributed by atoms with E-state index in [0.29, 0.717) is 5.56 Å². The van der Waals surface area contributed by atoms with E-state index in [2.05, 4.69) is 30.7 Å². The molecule has 2 aromatic carbocycles. The highest BCUT2D eigenvalue weighted by Gasteiger charge is 2.47. The lowest BCUT2D eigenvalue weighted by Gasteiger charge is -2.21. The molecule has 1 aliphatic heterocycles. The van der Waals surface area contributed by atoms with Gasteiger partial charge in [0.05, 0.1) is 11.5 Å². The van der Waals surface area contributed by atoms with Crippen molar-refractivity contribution in [2.24, 2.45) is 5.11 Å². The van der Waals surface area contributed by atoms with Crippen LogP contribution in [0.25, 0.3) is 10.4 Å². The highest BCUT2D eigenvalue weighted by molar-refractivity contribution is 9.10. The molecule has 11 nitrogen and oxygen atoms in total. The number of carbonyl (C=O) groups excluding carboxylic acids is 1. The van der Waals surface area contributed by atoms with Crippen LogP contribution < -0.4 is 4.72 Å². The first kappa shape index (κ1) is 21.7. The first-order chi connectivity index (χ1) is 14.2. The number of rotatable bonds is 7. The number of nitro groups is 1. The number of azide groups is 1. The van der Waals surface area contributed by atoms with Crippen molar-refractivity contribution in [2.75, 3.05) is 6.54 Å². The number of sulfonamides is 1. The number of benzene rings is 2. The average molecular weight is 496 g/mol. The zero-order chi connectivity index (χ0) is 21.9. The van der Waals surface area contributed by atoms with Crippen molar-refractivity contribution in [1.82, 2.24) is 4.72 Å². The van der Waals surface area contributed by atoms with Crippen LogP contribution in [-0.4, -0.2) is 38.0 Å². The molecule has 1 saturated heterocycles. The Balaban J connectivity index is 2.01. The normalized spacial score (nSPS) is 21.0. The van der Waals surface area contributed by atoms with Gasteiger partial charge in [0, 0.05) is 21.4 Å². The topological polar surface area (TPSA) is 164 Å². The van der Waals surface area contributed by atoms with E-state index in [-0.39, 0.29) is 6.54 Å². The number of carbonyl (C=O) groups is 1. The lowest BCUT2D eigenvalue weighted by atomic mass is 9.89. The number of nitrogens with zero attached hydrogens (tertiary/aromatic N) is 4. The van der Waals surface area contributed by atoms with E-state index in [1.165, 1.54) is 12.1 Å². The third-order valence-electron chi connectivity index (χ3n) is 4.49. The van der Waals surface area contributed by atoms with Gasteiger partial charge in [-0.2, -0.15) is 4.72 Å². The molecular formula is C17H14BrN5O6S. The van der Waals surface area contributed by atoms with Crippen molar-refractivity contribution >= 4 is 37.6 Å². The molecule has 0 unspecified atom stereocenters. The van der Waals surface area contributed by atoms with Crippen LogP contribution in [0, 0.1) is 10.1 Å². The summed E-state index contributed by atoms with van der Waals surface area (Å²) >= 11 is 3.30. The second-order valence-corrected chi connectivity index (χ2v) is 8.89. The molecule has 13 heteroatoms. The fourth-order valence-electron chi connectivity index (χ4n) is 3.20. The van der Waals surface area contributed by atoms with Crippen LogP contribution in [0.4, 0.5) is 5.69 Å². The monoisotopic (exact) mass is 495 g/mol. The Labute approximate surface area is 179 Å². The average Bonchev–Trinajstić information content (AvgIpc) is 3.01. The lowest BCUT2D eigenvalue weighted by Crippen LogP contribution is -2.42. The first-order valence-corrected chi connectivity index (χ1v) is 10.7. The molecule has 30 heavy (non-hydrogen) atoms. The van der Waals surface area contributed by atoms with Crippen molar-refractivity contribution in [1.29, 1.82) is 0 Å². The Kier molecular flexibility index (Phi) is 6.37. The second kappa shape index (κ2) is 8.79. The van der Waals surface area contributed by atoms with E-state index < -0.39 is 49.6 Å². The van der Waals surface area contributed by atoms with Crippen molar-refractivity contribution in [3.8, 4) is 0 Å². The summed E-state index contributed by atoms with van der Waals surface area (Å²) in [6.07, 6.45) is -0.909. The fraction of sp³-hybridized carbons (Fsp3) is 0.235. The molecule has 3 atom stereocenters. The van der Waals surface area contributed by atoms with Crippen molar-refractivity contribution in [2.45, 2.75) is 23.0 Å². The Bertz CT molecular complexity index is 1130. The molecule has 0 spiro atoms. The van der Waals surface area contributed by atoms with Crippen molar-refractivity contribution < 1.29 is 22.9 Å². The largest absolute Gasteiger partial charge is 0.460 e. The molecule has 3 rings (SSSR count). The van der Waals surface area contributed by atoms with Crippen LogP contribution in [0.15, 0.2) is 63.0 Å². The molecule has 2 aromatic rings. The Morgan fingerprint density at radius 1 is 1.23 bits per heavy atom. The van der Waals surface area contributed by atoms with Gasteiger partial charge in [-0.15, -0.1) is 0 Å². The quantitative estimate of drug-likeness (QED) is 0.155. The van der Waals surface area contributed by atoms with E-state index in [1.54, 1.807) is 24.3 Å². The summed E-state index contributed by atoms with van der Waals surface area (Å²) in [7, 11) is -4.45. The second-order valence-electron chi connectivity index (χ2n) is 6.29. The summed E-state index contributed by atoms with van der Waals surface area (Å²) in [5.41, 5.74) is 8.55. The molecule has 1 fully saturated rings. The summed E-state index contributed by atoms with van der Waals surface area (Å²) in [5.74, 6) is -1.68. The zero-order valence-electron chi connectivity index (χ0n) is 15.1. The minimum Gasteiger partial charge on any atom is -0.460 e. The Hall–Kier alpha value is -2.99. The van der Waals surface area contributed by atoms with Gasteiger partial charge in [-0.3, -0.25) is 14.9 Å². The third-order valence-corrected chi connectivity index (χ3v) is 6.51. The Morgan fingerprint density at radius 2 is 1.90 bits per heavy atom. The number of hydrogen-bond donors (Lipinski definition) is 1. The van der Waals surface area contributed by atoms with Gasteiger partial charge in [-0.05, 0) is 29.3 Å². The van der Waals surface area contributed by atoms with Gasteiger partial charge in [0.15, 0.2) is 4.90 Å². The SMILES string of the molecule is [N-]=[N+]=NC[C@H]1OC(=O)[C@@H](NS(=O)(=O)c2ccccc2[N+](=O)[O-])[C@@H]1c1ccc(Br)cc1. The first-order valence-electron chi connectivity index (χ1n) is 8.47. The van der Waals surface area contributed by atoms with Gasteiger partial charge in [0.2, 0.25) is 10.0 Å². The molecule has 0 radical (unpaired) electrons. The van der Waals surface area contributed by atoms with Crippen LogP contribution >= 0.6 is 15.9 Å². The van der Waals surface area contributed by atoms with Crippen LogP contribution in [0.5, 0.6) is 0 Å². The summed E-state index contributed by atoms with van der Waals surface area (Å²) in [4.78, 5) is 25.0. The molecule has 0 saturated carbocycles. The van der Waals surface area contributed by atoms with Gasteiger partial charge in [-0.1, -0.05) is 45.3 Å². The van der Waals surface area contributed by atoms with E-state index in [0.717, 1.165) is 16.6 Å². The number of cyclic esters (lactones) is 1. The highest BCUT2D eigenvalue weighted by atomic mass is 79.9. The summed E-state index contributed by atoms with van der Waals surface area (Å²) in [5, 5.41) is 14.7. The molecule has 0 bridgehead atoms. The summed E-state index contributed by atoms with van der Waals surface area (Å²) in [6, 6.07) is 10.2. The minimum atomic E-state index is -4.45. The molecule has 1 heterocycles. The Morgan fingerprint density at radius 3 is 2.53 bits per heavy atom.